The normalized spacial score (nSPS) is 10.9. The van der Waals surface area contributed by atoms with Crippen molar-refractivity contribution in [1.29, 1.82) is 0 Å². The number of nitrogens with one attached hydrogen (secondary N) is 1. The van der Waals surface area contributed by atoms with Crippen molar-refractivity contribution in [2.45, 2.75) is 13.3 Å². The maximum atomic E-state index is 14.1. The van der Waals surface area contributed by atoms with E-state index in [1.54, 1.807) is 12.1 Å². The molecule has 2 aromatic carbocycles. The lowest BCUT2D eigenvalue weighted by molar-refractivity contribution is 0.0822. The van der Waals surface area contributed by atoms with Gasteiger partial charge in [-0.25, -0.2) is 13.2 Å². The van der Waals surface area contributed by atoms with E-state index in [-0.39, 0.29) is 10.8 Å². The monoisotopic (exact) mass is 363 g/mol. The summed E-state index contributed by atoms with van der Waals surface area (Å²) in [6.07, 6.45) is -2.65. The molecule has 0 fully saturated rings. The largest absolute Gasteiger partial charge is 0.485 e. The smallest absolute Gasteiger partial charge is 0.272 e. The van der Waals surface area contributed by atoms with Crippen LogP contribution in [0.1, 0.15) is 6.92 Å². The number of hydrogen-bond donors (Lipinski definition) is 1. The fourth-order valence-electron chi connectivity index (χ4n) is 2.08. The van der Waals surface area contributed by atoms with Crippen molar-refractivity contribution in [3.05, 3.63) is 46.2 Å². The number of benzene rings is 2. The Morgan fingerprint density at radius 3 is 2.52 bits per heavy atom. The quantitative estimate of drug-likeness (QED) is 0.692. The summed E-state index contributed by atoms with van der Waals surface area (Å²) in [6.45, 7) is 1.61. The summed E-state index contributed by atoms with van der Waals surface area (Å²) >= 11 is 12.0. The molecule has 2 nitrogen and oxygen atoms in total. The van der Waals surface area contributed by atoms with E-state index in [0.717, 1.165) is 0 Å². The van der Waals surface area contributed by atoms with Gasteiger partial charge in [-0.1, -0.05) is 29.3 Å². The van der Waals surface area contributed by atoms with Crippen LogP contribution in [-0.4, -0.2) is 19.6 Å². The summed E-state index contributed by atoms with van der Waals surface area (Å²) in [6, 6.07) is 7.35. The maximum Gasteiger partial charge on any atom is 0.272 e. The van der Waals surface area contributed by atoms with Gasteiger partial charge in [0, 0.05) is 17.1 Å². The molecule has 7 heteroatoms. The topological polar surface area (TPSA) is 21.3 Å². The van der Waals surface area contributed by atoms with E-state index in [9.17, 15) is 13.2 Å². The maximum absolute atomic E-state index is 14.1. The van der Waals surface area contributed by atoms with Crippen molar-refractivity contribution in [3.8, 4) is 16.9 Å². The molecule has 0 bridgehead atoms. The number of anilines is 1. The van der Waals surface area contributed by atoms with Gasteiger partial charge in [0.25, 0.3) is 6.43 Å². The molecular formula is C16H14Cl2F3NO. The predicted molar refractivity (Wildman–Crippen MR) is 87.5 cm³/mol. The summed E-state index contributed by atoms with van der Waals surface area (Å²) in [5.74, 6) is -0.424. The minimum absolute atomic E-state index is 0.0481. The minimum atomic E-state index is -2.65. The highest BCUT2D eigenvalue weighted by atomic mass is 35.5. The molecule has 1 N–H and O–H groups in total. The minimum Gasteiger partial charge on any atom is -0.485 e. The van der Waals surface area contributed by atoms with Gasteiger partial charge in [-0.15, -0.1) is 0 Å². The molecule has 0 atom stereocenters. The van der Waals surface area contributed by atoms with E-state index in [1.165, 1.54) is 18.2 Å². The molecule has 0 aliphatic rings. The Morgan fingerprint density at radius 1 is 1.17 bits per heavy atom. The van der Waals surface area contributed by atoms with E-state index >= 15 is 0 Å². The number of halogens is 5. The highest BCUT2D eigenvalue weighted by Crippen LogP contribution is 2.40. The van der Waals surface area contributed by atoms with Crippen LogP contribution < -0.4 is 10.1 Å². The molecule has 0 aromatic heterocycles. The Hall–Kier alpha value is -1.59. The predicted octanol–water partition coefficient (Wildman–Crippen LogP) is 5.88. The van der Waals surface area contributed by atoms with Crippen LogP contribution in [0.2, 0.25) is 10.0 Å². The molecule has 2 rings (SSSR count). The second-order valence-electron chi connectivity index (χ2n) is 4.69. The summed E-state index contributed by atoms with van der Waals surface area (Å²) in [7, 11) is 0. The Bertz CT molecular complexity index is 695. The molecule has 0 radical (unpaired) electrons. The van der Waals surface area contributed by atoms with Gasteiger partial charge in [-0.3, -0.25) is 0 Å². The Morgan fingerprint density at radius 2 is 1.91 bits per heavy atom. The zero-order valence-corrected chi connectivity index (χ0v) is 13.7. The van der Waals surface area contributed by atoms with Crippen LogP contribution in [0.4, 0.5) is 18.9 Å². The third kappa shape index (κ3) is 4.45. The zero-order chi connectivity index (χ0) is 17.0. The first-order valence-electron chi connectivity index (χ1n) is 6.86. The molecule has 0 unspecified atom stereocenters. The lowest BCUT2D eigenvalue weighted by Gasteiger charge is -2.15. The van der Waals surface area contributed by atoms with E-state index in [1.807, 2.05) is 6.92 Å². The van der Waals surface area contributed by atoms with Gasteiger partial charge in [0.2, 0.25) is 0 Å². The van der Waals surface area contributed by atoms with Gasteiger partial charge >= 0.3 is 0 Å². The second-order valence-corrected chi connectivity index (χ2v) is 5.53. The summed E-state index contributed by atoms with van der Waals surface area (Å²) in [4.78, 5) is 0. The molecule has 0 aliphatic heterocycles. The molecule has 2 aromatic rings. The summed E-state index contributed by atoms with van der Waals surface area (Å²) in [5.41, 5.74) is 1.13. The highest BCUT2D eigenvalue weighted by molar-refractivity contribution is 6.36. The number of alkyl halides is 2. The highest BCUT2D eigenvalue weighted by Gasteiger charge is 2.16. The first kappa shape index (κ1) is 17.8. The summed E-state index contributed by atoms with van der Waals surface area (Å²) in [5, 5.41) is 3.26. The van der Waals surface area contributed by atoms with Crippen LogP contribution >= 0.6 is 23.2 Å². The number of hydrogen-bond acceptors (Lipinski definition) is 2. The lowest BCUT2D eigenvalue weighted by Crippen LogP contribution is -2.08. The van der Waals surface area contributed by atoms with E-state index in [0.29, 0.717) is 28.4 Å². The second kappa shape index (κ2) is 7.79. The Kier molecular flexibility index (Phi) is 6.02. The Balaban J connectivity index is 2.47. The average molecular weight is 364 g/mol. The van der Waals surface area contributed by atoms with Gasteiger partial charge in [-0.05, 0) is 36.8 Å². The van der Waals surface area contributed by atoms with Gasteiger partial charge in [0.15, 0.2) is 0 Å². The zero-order valence-electron chi connectivity index (χ0n) is 12.2. The number of rotatable bonds is 6. The standard InChI is InChI=1S/C16H14Cl2F3NO/c1-2-22-14-4-3-9(5-13(14)19)11-6-10(17)7-12(18)16(11)23-8-15(20)21/h3-7,15,22H,2,8H2,1H3. The van der Waals surface area contributed by atoms with Crippen LogP contribution in [0, 0.1) is 5.82 Å². The molecular weight excluding hydrogens is 350 g/mol. The van der Waals surface area contributed by atoms with Gasteiger partial charge in [0.05, 0.1) is 10.7 Å². The van der Waals surface area contributed by atoms with Crippen LogP contribution in [0.25, 0.3) is 11.1 Å². The van der Waals surface area contributed by atoms with Crippen LogP contribution in [0.3, 0.4) is 0 Å². The van der Waals surface area contributed by atoms with Gasteiger partial charge in [0.1, 0.15) is 18.2 Å². The summed E-state index contributed by atoms with van der Waals surface area (Å²) < 4.78 is 44.0. The molecule has 0 heterocycles. The molecule has 0 amide bonds. The van der Waals surface area contributed by atoms with Crippen molar-refractivity contribution in [2.24, 2.45) is 0 Å². The molecule has 0 aliphatic carbocycles. The van der Waals surface area contributed by atoms with Gasteiger partial charge in [-0.2, -0.15) is 0 Å². The molecule has 23 heavy (non-hydrogen) atoms. The lowest BCUT2D eigenvalue weighted by atomic mass is 10.0. The molecule has 0 saturated heterocycles. The fourth-order valence-corrected chi connectivity index (χ4v) is 2.63. The third-order valence-corrected chi connectivity index (χ3v) is 3.51. The molecule has 124 valence electrons. The number of ether oxygens (including phenoxy) is 1. The Labute approximate surface area is 142 Å². The van der Waals surface area contributed by atoms with Crippen molar-refractivity contribution in [3.63, 3.8) is 0 Å². The SMILES string of the molecule is CCNc1ccc(-c2cc(Cl)cc(Cl)c2OCC(F)F)cc1F. The molecule has 0 saturated carbocycles. The van der Waals surface area contributed by atoms with Crippen molar-refractivity contribution >= 4 is 28.9 Å². The van der Waals surface area contributed by atoms with Crippen LogP contribution in [0.5, 0.6) is 5.75 Å². The van der Waals surface area contributed by atoms with Crippen LogP contribution in [-0.2, 0) is 0 Å². The van der Waals surface area contributed by atoms with Crippen LogP contribution in [0.15, 0.2) is 30.3 Å². The van der Waals surface area contributed by atoms with Crippen molar-refractivity contribution in [1.82, 2.24) is 0 Å². The van der Waals surface area contributed by atoms with E-state index in [2.05, 4.69) is 5.32 Å². The fraction of sp³-hybridized carbons (Fsp3) is 0.250. The first-order chi connectivity index (χ1) is 10.9. The first-order valence-corrected chi connectivity index (χ1v) is 7.61. The third-order valence-electron chi connectivity index (χ3n) is 3.01. The van der Waals surface area contributed by atoms with Gasteiger partial charge < -0.3 is 10.1 Å². The van der Waals surface area contributed by atoms with Crippen molar-refractivity contribution < 1.29 is 17.9 Å². The van der Waals surface area contributed by atoms with E-state index in [4.69, 9.17) is 27.9 Å². The van der Waals surface area contributed by atoms with Crippen molar-refractivity contribution in [2.75, 3.05) is 18.5 Å². The average Bonchev–Trinajstić information content (AvgIpc) is 2.47. The molecule has 0 spiro atoms. The van der Waals surface area contributed by atoms with E-state index < -0.39 is 18.8 Å².